The molecule has 1 aromatic rings. The first-order chi connectivity index (χ1) is 5.38. The molecular formula is C5H10N4O2S. The Labute approximate surface area is 70.7 Å². The fourth-order valence-electron chi connectivity index (χ4n) is 0.671. The van der Waals surface area contributed by atoms with Crippen molar-refractivity contribution in [3.63, 3.8) is 0 Å². The molecule has 12 heavy (non-hydrogen) atoms. The average molecular weight is 190 g/mol. The maximum absolute atomic E-state index is 10.7. The second-order valence-corrected chi connectivity index (χ2v) is 4.23. The molecule has 1 heterocycles. The van der Waals surface area contributed by atoms with E-state index in [0.29, 0.717) is 5.82 Å². The molecule has 1 N–H and O–H groups in total. The number of aromatic nitrogens is 3. The van der Waals surface area contributed by atoms with E-state index in [4.69, 9.17) is 0 Å². The predicted octanol–water partition coefficient (Wildman–Crippen LogP) is -0.505. The van der Waals surface area contributed by atoms with E-state index < -0.39 is 10.0 Å². The van der Waals surface area contributed by atoms with Gasteiger partial charge < -0.3 is 0 Å². The monoisotopic (exact) mass is 190 g/mol. The molecular weight excluding hydrogens is 180 g/mol. The van der Waals surface area contributed by atoms with Crippen LogP contribution in [-0.4, -0.2) is 29.4 Å². The third kappa shape index (κ3) is 2.19. The van der Waals surface area contributed by atoms with E-state index in [2.05, 4.69) is 14.8 Å². The average Bonchev–Trinajstić information content (AvgIpc) is 2.07. The molecule has 0 spiro atoms. The van der Waals surface area contributed by atoms with E-state index in [1.807, 2.05) is 0 Å². The summed E-state index contributed by atoms with van der Waals surface area (Å²) in [4.78, 5) is 3.86. The van der Waals surface area contributed by atoms with Gasteiger partial charge in [-0.3, -0.25) is 9.40 Å². The normalized spacial score (nSPS) is 11.6. The zero-order chi connectivity index (χ0) is 9.35. The van der Waals surface area contributed by atoms with Crippen molar-refractivity contribution in [2.24, 2.45) is 7.05 Å². The SMILES string of the molecule is Cc1nc(NS(C)(=O)=O)nn1C. The molecule has 0 aromatic carbocycles. The van der Waals surface area contributed by atoms with Crippen LogP contribution in [-0.2, 0) is 17.1 Å². The summed E-state index contributed by atoms with van der Waals surface area (Å²) in [7, 11) is -1.58. The van der Waals surface area contributed by atoms with Crippen LogP contribution in [0.15, 0.2) is 0 Å². The standard InChI is InChI=1S/C5H10N4O2S/c1-4-6-5(7-9(4)2)8-12(3,10)11/h1-3H3,(H,7,8). The quantitative estimate of drug-likeness (QED) is 0.681. The first-order valence-corrected chi connectivity index (χ1v) is 5.13. The van der Waals surface area contributed by atoms with Crippen LogP contribution in [0.2, 0.25) is 0 Å². The minimum absolute atomic E-state index is 0.109. The van der Waals surface area contributed by atoms with Gasteiger partial charge in [0.25, 0.3) is 5.95 Å². The fourth-order valence-corrected chi connectivity index (χ4v) is 1.09. The molecule has 6 nitrogen and oxygen atoms in total. The van der Waals surface area contributed by atoms with Gasteiger partial charge in [-0.1, -0.05) is 0 Å². The Morgan fingerprint density at radius 1 is 1.50 bits per heavy atom. The lowest BCUT2D eigenvalue weighted by atomic mass is 10.7. The van der Waals surface area contributed by atoms with Gasteiger partial charge in [-0.2, -0.15) is 4.98 Å². The molecule has 0 unspecified atom stereocenters. The van der Waals surface area contributed by atoms with E-state index in [1.165, 1.54) is 4.68 Å². The first-order valence-electron chi connectivity index (χ1n) is 3.24. The molecule has 0 bridgehead atoms. The van der Waals surface area contributed by atoms with E-state index in [0.717, 1.165) is 6.26 Å². The Morgan fingerprint density at radius 2 is 2.08 bits per heavy atom. The molecule has 0 aliphatic heterocycles. The summed E-state index contributed by atoms with van der Waals surface area (Å²) < 4.78 is 25.1. The van der Waals surface area contributed by atoms with Gasteiger partial charge >= 0.3 is 0 Å². The number of aryl methyl sites for hydroxylation is 2. The summed E-state index contributed by atoms with van der Waals surface area (Å²) in [6.07, 6.45) is 1.05. The highest BCUT2D eigenvalue weighted by atomic mass is 32.2. The summed E-state index contributed by atoms with van der Waals surface area (Å²) in [5.41, 5.74) is 0. The van der Waals surface area contributed by atoms with Crippen LogP contribution in [0.3, 0.4) is 0 Å². The fraction of sp³-hybridized carbons (Fsp3) is 0.600. The molecule has 0 saturated carbocycles. The Hall–Kier alpha value is -1.11. The Bertz CT molecular complexity index is 361. The molecule has 0 amide bonds. The molecule has 0 radical (unpaired) electrons. The van der Waals surface area contributed by atoms with Gasteiger partial charge in [-0.25, -0.2) is 8.42 Å². The second kappa shape index (κ2) is 2.74. The van der Waals surface area contributed by atoms with Crippen LogP contribution >= 0.6 is 0 Å². The number of nitrogens with zero attached hydrogens (tertiary/aromatic N) is 3. The van der Waals surface area contributed by atoms with E-state index in [-0.39, 0.29) is 5.95 Å². The predicted molar refractivity (Wildman–Crippen MR) is 44.2 cm³/mol. The van der Waals surface area contributed by atoms with Crippen molar-refractivity contribution in [1.82, 2.24) is 14.8 Å². The highest BCUT2D eigenvalue weighted by Crippen LogP contribution is 2.01. The molecule has 68 valence electrons. The van der Waals surface area contributed by atoms with Crippen LogP contribution in [0, 0.1) is 6.92 Å². The maximum Gasteiger partial charge on any atom is 0.255 e. The summed E-state index contributed by atoms with van der Waals surface area (Å²) >= 11 is 0. The molecule has 7 heteroatoms. The van der Waals surface area contributed by atoms with Crippen molar-refractivity contribution in [3.05, 3.63) is 5.82 Å². The zero-order valence-electron chi connectivity index (χ0n) is 7.07. The highest BCUT2D eigenvalue weighted by Gasteiger charge is 2.07. The van der Waals surface area contributed by atoms with Gasteiger partial charge in [0.15, 0.2) is 0 Å². The van der Waals surface area contributed by atoms with Crippen molar-refractivity contribution < 1.29 is 8.42 Å². The highest BCUT2D eigenvalue weighted by molar-refractivity contribution is 7.91. The van der Waals surface area contributed by atoms with Gasteiger partial charge in [0.1, 0.15) is 5.82 Å². The molecule has 1 rings (SSSR count). The minimum atomic E-state index is -3.27. The van der Waals surface area contributed by atoms with Gasteiger partial charge in [0, 0.05) is 7.05 Å². The van der Waals surface area contributed by atoms with Crippen LogP contribution in [0.4, 0.5) is 5.95 Å². The van der Waals surface area contributed by atoms with Crippen LogP contribution in [0.25, 0.3) is 0 Å². The Balaban J connectivity index is 2.92. The smallest absolute Gasteiger partial charge is 0.251 e. The third-order valence-corrected chi connectivity index (χ3v) is 1.81. The second-order valence-electron chi connectivity index (χ2n) is 2.48. The minimum Gasteiger partial charge on any atom is -0.251 e. The topological polar surface area (TPSA) is 76.9 Å². The zero-order valence-corrected chi connectivity index (χ0v) is 7.88. The van der Waals surface area contributed by atoms with Gasteiger partial charge in [-0.05, 0) is 6.92 Å². The number of sulfonamides is 1. The van der Waals surface area contributed by atoms with Gasteiger partial charge in [-0.15, -0.1) is 5.10 Å². The molecule has 0 fully saturated rings. The van der Waals surface area contributed by atoms with Crippen molar-refractivity contribution in [2.75, 3.05) is 11.0 Å². The van der Waals surface area contributed by atoms with Crippen LogP contribution in [0.1, 0.15) is 5.82 Å². The lowest BCUT2D eigenvalue weighted by Gasteiger charge is -1.94. The lowest BCUT2D eigenvalue weighted by Crippen LogP contribution is -2.10. The number of rotatable bonds is 2. The van der Waals surface area contributed by atoms with E-state index in [9.17, 15) is 8.42 Å². The van der Waals surface area contributed by atoms with Crippen molar-refractivity contribution in [2.45, 2.75) is 6.92 Å². The maximum atomic E-state index is 10.7. The van der Waals surface area contributed by atoms with Crippen LogP contribution < -0.4 is 4.72 Å². The first kappa shape index (κ1) is 8.98. The largest absolute Gasteiger partial charge is 0.255 e. The number of nitrogens with one attached hydrogen (secondary N) is 1. The van der Waals surface area contributed by atoms with Crippen LogP contribution in [0.5, 0.6) is 0 Å². The number of hydrogen-bond acceptors (Lipinski definition) is 4. The molecule has 0 saturated heterocycles. The summed E-state index contributed by atoms with van der Waals surface area (Å²) in [5.74, 6) is 0.763. The molecule has 0 atom stereocenters. The number of hydrogen-bond donors (Lipinski definition) is 1. The number of anilines is 1. The van der Waals surface area contributed by atoms with E-state index >= 15 is 0 Å². The molecule has 1 aromatic heterocycles. The molecule has 0 aliphatic rings. The van der Waals surface area contributed by atoms with Crippen molar-refractivity contribution >= 4 is 16.0 Å². The van der Waals surface area contributed by atoms with Gasteiger partial charge in [0.2, 0.25) is 10.0 Å². The summed E-state index contributed by atoms with van der Waals surface area (Å²) in [6.45, 7) is 1.74. The Morgan fingerprint density at radius 3 is 2.42 bits per heavy atom. The van der Waals surface area contributed by atoms with Crippen molar-refractivity contribution in [1.29, 1.82) is 0 Å². The van der Waals surface area contributed by atoms with E-state index in [1.54, 1.807) is 14.0 Å². The summed E-state index contributed by atoms with van der Waals surface area (Å²) in [6, 6.07) is 0. The van der Waals surface area contributed by atoms with Crippen molar-refractivity contribution in [3.8, 4) is 0 Å². The molecule has 0 aliphatic carbocycles. The summed E-state index contributed by atoms with van der Waals surface area (Å²) in [5, 5.41) is 3.81. The van der Waals surface area contributed by atoms with Gasteiger partial charge in [0.05, 0.1) is 6.26 Å². The third-order valence-electron chi connectivity index (χ3n) is 1.26. The Kier molecular flexibility index (Phi) is 2.05. The lowest BCUT2D eigenvalue weighted by molar-refractivity contribution is 0.606.